The first kappa shape index (κ1) is 20.1. The number of aromatic nitrogens is 1. The Morgan fingerprint density at radius 1 is 1.37 bits per heavy atom. The molecule has 0 radical (unpaired) electrons. The van der Waals surface area contributed by atoms with Crippen molar-refractivity contribution in [3.63, 3.8) is 0 Å². The molecule has 1 aromatic rings. The van der Waals surface area contributed by atoms with Gasteiger partial charge in [0.05, 0.1) is 18.9 Å². The van der Waals surface area contributed by atoms with Crippen LogP contribution in [-0.2, 0) is 19.8 Å². The van der Waals surface area contributed by atoms with Crippen LogP contribution in [0.4, 0.5) is 4.79 Å². The monoisotopic (exact) mass is 376 g/mol. The molecule has 0 saturated carbocycles. The van der Waals surface area contributed by atoms with Crippen LogP contribution in [0.15, 0.2) is 12.3 Å². The first-order valence-electron chi connectivity index (χ1n) is 9.75. The number of hydrogen-bond acceptors (Lipinski definition) is 5. The van der Waals surface area contributed by atoms with Crippen molar-refractivity contribution in [2.24, 2.45) is 0 Å². The molecule has 3 rings (SSSR count). The summed E-state index contributed by atoms with van der Waals surface area (Å²) in [6, 6.07) is 2.18. The maximum Gasteiger partial charge on any atom is 0.410 e. The summed E-state index contributed by atoms with van der Waals surface area (Å²) in [6.07, 6.45) is 3.41. The molecule has 0 unspecified atom stereocenters. The zero-order chi connectivity index (χ0) is 19.8. The summed E-state index contributed by atoms with van der Waals surface area (Å²) in [5, 5.41) is 0. The van der Waals surface area contributed by atoms with Gasteiger partial charge in [0.25, 0.3) is 0 Å². The van der Waals surface area contributed by atoms with Gasteiger partial charge in [-0.15, -0.1) is 0 Å². The predicted molar refractivity (Wildman–Crippen MR) is 103 cm³/mol. The van der Waals surface area contributed by atoms with Crippen molar-refractivity contribution in [2.45, 2.75) is 70.6 Å². The van der Waals surface area contributed by atoms with E-state index in [1.54, 1.807) is 7.11 Å². The van der Waals surface area contributed by atoms with E-state index in [2.05, 4.69) is 19.9 Å². The molecule has 2 saturated heterocycles. The summed E-state index contributed by atoms with van der Waals surface area (Å²) in [4.78, 5) is 19.1. The van der Waals surface area contributed by atoms with E-state index in [1.165, 1.54) is 11.1 Å². The van der Waals surface area contributed by atoms with E-state index in [9.17, 15) is 4.79 Å². The Balaban J connectivity index is 1.81. The molecule has 1 aromatic heterocycles. The fourth-order valence-electron chi connectivity index (χ4n) is 4.11. The number of carbonyl (C=O) groups excluding carboxylic acids is 1. The minimum atomic E-state index is -0.476. The highest BCUT2D eigenvalue weighted by atomic mass is 16.6. The van der Waals surface area contributed by atoms with E-state index in [0.29, 0.717) is 25.7 Å². The van der Waals surface area contributed by atoms with Gasteiger partial charge in [0.15, 0.2) is 5.60 Å². The average molecular weight is 376 g/mol. The first-order chi connectivity index (χ1) is 12.7. The standard InChI is InChI=1S/C21H32N2O4/c1-14-7-9-22-18(21(25-6)12-26-13-21)17(14)16-8-10-23(15(2)11-16)19(24)27-20(3,4)5/h7,9,15-16H,8,10-13H2,1-6H3/t15-,16+/m1/s1. The number of hydrogen-bond donors (Lipinski definition) is 0. The highest BCUT2D eigenvalue weighted by Crippen LogP contribution is 2.41. The first-order valence-corrected chi connectivity index (χ1v) is 9.75. The minimum Gasteiger partial charge on any atom is -0.444 e. The fourth-order valence-corrected chi connectivity index (χ4v) is 4.11. The maximum absolute atomic E-state index is 12.5. The van der Waals surface area contributed by atoms with Gasteiger partial charge in [-0.3, -0.25) is 4.98 Å². The number of rotatable bonds is 3. The van der Waals surface area contributed by atoms with E-state index in [1.807, 2.05) is 31.9 Å². The Bertz CT molecular complexity index is 688. The Morgan fingerprint density at radius 3 is 2.59 bits per heavy atom. The normalized spacial score (nSPS) is 25.0. The summed E-state index contributed by atoms with van der Waals surface area (Å²) in [7, 11) is 1.73. The average Bonchev–Trinajstić information content (AvgIpc) is 2.52. The molecule has 1 amide bonds. The molecule has 2 aliphatic rings. The van der Waals surface area contributed by atoms with Crippen molar-refractivity contribution in [3.05, 3.63) is 29.1 Å². The number of methoxy groups -OCH3 is 1. The number of likely N-dealkylation sites (tertiary alicyclic amines) is 1. The number of nitrogens with zero attached hydrogens (tertiary/aromatic N) is 2. The van der Waals surface area contributed by atoms with Crippen LogP contribution in [0.3, 0.4) is 0 Å². The molecule has 6 heteroatoms. The molecule has 6 nitrogen and oxygen atoms in total. The van der Waals surface area contributed by atoms with E-state index >= 15 is 0 Å². The second-order valence-corrected chi connectivity index (χ2v) is 8.83. The number of piperidine rings is 1. The van der Waals surface area contributed by atoms with Gasteiger partial charge in [0.1, 0.15) is 5.60 Å². The van der Waals surface area contributed by atoms with Gasteiger partial charge in [0.2, 0.25) is 0 Å². The van der Waals surface area contributed by atoms with Gasteiger partial charge >= 0.3 is 6.09 Å². The van der Waals surface area contributed by atoms with E-state index in [0.717, 1.165) is 18.5 Å². The number of ether oxygens (including phenoxy) is 3. The van der Waals surface area contributed by atoms with Crippen LogP contribution in [0, 0.1) is 6.92 Å². The van der Waals surface area contributed by atoms with Crippen molar-refractivity contribution >= 4 is 6.09 Å². The van der Waals surface area contributed by atoms with Crippen LogP contribution >= 0.6 is 0 Å². The molecule has 150 valence electrons. The van der Waals surface area contributed by atoms with Gasteiger partial charge in [-0.25, -0.2) is 4.79 Å². The summed E-state index contributed by atoms with van der Waals surface area (Å²) in [5.41, 5.74) is 2.58. The summed E-state index contributed by atoms with van der Waals surface area (Å²) in [6.45, 7) is 11.7. The minimum absolute atomic E-state index is 0.113. The van der Waals surface area contributed by atoms with Crippen LogP contribution in [0.1, 0.15) is 63.3 Å². The molecule has 0 spiro atoms. The van der Waals surface area contributed by atoms with Crippen LogP contribution in [-0.4, -0.2) is 54.5 Å². The molecule has 3 heterocycles. The van der Waals surface area contributed by atoms with Crippen LogP contribution in [0.5, 0.6) is 0 Å². The Kier molecular flexibility index (Phi) is 5.50. The van der Waals surface area contributed by atoms with Crippen molar-refractivity contribution in [3.8, 4) is 0 Å². The van der Waals surface area contributed by atoms with Gasteiger partial charge in [0, 0.05) is 25.9 Å². The quantitative estimate of drug-likeness (QED) is 0.804. The topological polar surface area (TPSA) is 60.9 Å². The molecule has 2 fully saturated rings. The van der Waals surface area contributed by atoms with Crippen LogP contribution in [0.2, 0.25) is 0 Å². The zero-order valence-electron chi connectivity index (χ0n) is 17.4. The second kappa shape index (κ2) is 7.40. The zero-order valence-corrected chi connectivity index (χ0v) is 17.4. The molecular weight excluding hydrogens is 344 g/mol. The lowest BCUT2D eigenvalue weighted by atomic mass is 9.79. The smallest absolute Gasteiger partial charge is 0.410 e. The third-order valence-electron chi connectivity index (χ3n) is 5.61. The second-order valence-electron chi connectivity index (χ2n) is 8.83. The lowest BCUT2D eigenvalue weighted by Gasteiger charge is -2.43. The maximum atomic E-state index is 12.5. The van der Waals surface area contributed by atoms with Crippen molar-refractivity contribution in [1.29, 1.82) is 0 Å². The van der Waals surface area contributed by atoms with Gasteiger partial charge in [-0.05, 0) is 70.6 Å². The molecule has 0 aliphatic carbocycles. The molecule has 27 heavy (non-hydrogen) atoms. The highest BCUT2D eigenvalue weighted by molar-refractivity contribution is 5.68. The number of carbonyl (C=O) groups is 1. The van der Waals surface area contributed by atoms with E-state index in [4.69, 9.17) is 19.2 Å². The van der Waals surface area contributed by atoms with Crippen LogP contribution in [0.25, 0.3) is 0 Å². The van der Waals surface area contributed by atoms with Gasteiger partial charge < -0.3 is 19.1 Å². The third kappa shape index (κ3) is 3.97. The Hall–Kier alpha value is -1.66. The van der Waals surface area contributed by atoms with E-state index < -0.39 is 11.2 Å². The van der Waals surface area contributed by atoms with Crippen LogP contribution < -0.4 is 0 Å². The lowest BCUT2D eigenvalue weighted by molar-refractivity contribution is -0.205. The van der Waals surface area contributed by atoms with Crippen molar-refractivity contribution in [2.75, 3.05) is 26.9 Å². The molecule has 2 atom stereocenters. The number of aryl methyl sites for hydroxylation is 1. The molecule has 0 bridgehead atoms. The molecule has 0 N–H and O–H groups in total. The summed E-state index contributed by atoms with van der Waals surface area (Å²) < 4.78 is 16.8. The summed E-state index contributed by atoms with van der Waals surface area (Å²) >= 11 is 0. The van der Waals surface area contributed by atoms with Crippen molar-refractivity contribution in [1.82, 2.24) is 9.88 Å². The highest BCUT2D eigenvalue weighted by Gasteiger charge is 2.45. The SMILES string of the molecule is COC1(c2nccc(C)c2[C@H]2CCN(C(=O)OC(C)(C)C)[C@H](C)C2)COC1. The van der Waals surface area contributed by atoms with Crippen molar-refractivity contribution < 1.29 is 19.0 Å². The van der Waals surface area contributed by atoms with Gasteiger partial charge in [-0.2, -0.15) is 0 Å². The van der Waals surface area contributed by atoms with Gasteiger partial charge in [-0.1, -0.05) is 0 Å². The number of pyridine rings is 1. The fraction of sp³-hybridized carbons (Fsp3) is 0.714. The predicted octanol–water partition coefficient (Wildman–Crippen LogP) is 3.76. The number of amides is 1. The largest absolute Gasteiger partial charge is 0.444 e. The Morgan fingerprint density at radius 2 is 2.07 bits per heavy atom. The lowest BCUT2D eigenvalue weighted by Crippen LogP contribution is -2.50. The molecular formula is C21H32N2O4. The third-order valence-corrected chi connectivity index (χ3v) is 5.61. The Labute approximate surface area is 162 Å². The molecule has 2 aliphatic heterocycles. The summed E-state index contributed by atoms with van der Waals surface area (Å²) in [5.74, 6) is 0.343. The molecule has 0 aromatic carbocycles. The van der Waals surface area contributed by atoms with E-state index in [-0.39, 0.29) is 12.1 Å².